The van der Waals surface area contributed by atoms with Crippen molar-refractivity contribution in [3.05, 3.63) is 64.1 Å². The highest BCUT2D eigenvalue weighted by Crippen LogP contribution is 2.30. The van der Waals surface area contributed by atoms with Gasteiger partial charge in [-0.3, -0.25) is 4.79 Å². The summed E-state index contributed by atoms with van der Waals surface area (Å²) in [6.45, 7) is 0. The fourth-order valence-electron chi connectivity index (χ4n) is 1.90. The largest absolute Gasteiger partial charge is 0.339 e. The number of rotatable bonds is 4. The van der Waals surface area contributed by atoms with Crippen LogP contribution in [0.15, 0.2) is 48.5 Å². The molecule has 0 aromatic heterocycles. The molecular weight excluding hydrogens is 460 g/mol. The van der Waals surface area contributed by atoms with E-state index in [2.05, 4.69) is 16.0 Å². The van der Waals surface area contributed by atoms with Gasteiger partial charge >= 0.3 is 0 Å². The number of benzene rings is 2. The Balaban J connectivity index is 2.10. The number of alkyl halides is 3. The van der Waals surface area contributed by atoms with E-state index in [1.807, 2.05) is 30.3 Å². The fourth-order valence-corrected chi connectivity index (χ4v) is 2.96. The Morgan fingerprint density at radius 1 is 1.00 bits per heavy atom. The van der Waals surface area contributed by atoms with Gasteiger partial charge in [-0.25, -0.2) is 0 Å². The molecule has 0 aliphatic carbocycles. The lowest BCUT2D eigenvalue weighted by atomic mass is 10.2. The molecule has 0 aliphatic rings. The summed E-state index contributed by atoms with van der Waals surface area (Å²) in [6.07, 6.45) is -1.12. The summed E-state index contributed by atoms with van der Waals surface area (Å²) in [4.78, 5) is 12.5. The zero-order chi connectivity index (χ0) is 19.3. The molecule has 0 bridgehead atoms. The van der Waals surface area contributed by atoms with E-state index in [9.17, 15) is 4.79 Å². The maximum atomic E-state index is 12.5. The number of thiocarbonyl (C=S) groups is 1. The van der Waals surface area contributed by atoms with E-state index in [-0.39, 0.29) is 15.7 Å². The minimum Gasteiger partial charge on any atom is -0.339 e. The lowest BCUT2D eigenvalue weighted by Gasteiger charge is -2.28. The molecule has 2 rings (SSSR count). The number of hydrogen-bond donors (Lipinski definition) is 3. The van der Waals surface area contributed by atoms with Crippen LogP contribution in [0.1, 0.15) is 10.4 Å². The van der Waals surface area contributed by atoms with Gasteiger partial charge in [0.05, 0.1) is 10.6 Å². The second-order valence-electron chi connectivity index (χ2n) is 5.04. The molecule has 0 saturated heterocycles. The van der Waals surface area contributed by atoms with Crippen LogP contribution in [0.3, 0.4) is 0 Å². The molecule has 1 amide bonds. The second kappa shape index (κ2) is 9.31. The molecule has 0 aliphatic heterocycles. The smallest absolute Gasteiger partial charge is 0.254 e. The molecule has 10 heteroatoms. The van der Waals surface area contributed by atoms with Crippen molar-refractivity contribution in [1.29, 1.82) is 0 Å². The molecule has 4 nitrogen and oxygen atoms in total. The molecule has 2 aromatic rings. The maximum Gasteiger partial charge on any atom is 0.254 e. The SMILES string of the molecule is O=C(N[C@H](NC(=S)Nc1ccccc1)C(Cl)(Cl)Cl)c1ccc(Cl)cc1Cl. The first kappa shape index (κ1) is 21.4. The summed E-state index contributed by atoms with van der Waals surface area (Å²) in [5, 5.41) is 8.97. The van der Waals surface area contributed by atoms with Crippen molar-refractivity contribution in [2.45, 2.75) is 9.96 Å². The third-order valence-electron chi connectivity index (χ3n) is 3.09. The van der Waals surface area contributed by atoms with Crippen molar-refractivity contribution in [3.63, 3.8) is 0 Å². The van der Waals surface area contributed by atoms with E-state index in [0.717, 1.165) is 5.69 Å². The number of carbonyl (C=O) groups is 1. The molecule has 0 spiro atoms. The minimum atomic E-state index is -1.88. The van der Waals surface area contributed by atoms with Crippen molar-refractivity contribution in [2.24, 2.45) is 0 Å². The third kappa shape index (κ3) is 6.34. The van der Waals surface area contributed by atoms with Gasteiger partial charge in [-0.05, 0) is 42.5 Å². The van der Waals surface area contributed by atoms with Gasteiger partial charge in [-0.1, -0.05) is 76.2 Å². The predicted molar refractivity (Wildman–Crippen MR) is 114 cm³/mol. The van der Waals surface area contributed by atoms with Gasteiger partial charge in [0.2, 0.25) is 3.79 Å². The Bertz CT molecular complexity index is 798. The number of amides is 1. The Morgan fingerprint density at radius 3 is 2.23 bits per heavy atom. The number of nitrogens with one attached hydrogen (secondary N) is 3. The van der Waals surface area contributed by atoms with Gasteiger partial charge in [0.25, 0.3) is 5.91 Å². The van der Waals surface area contributed by atoms with Crippen LogP contribution in [-0.2, 0) is 0 Å². The average molecular weight is 472 g/mol. The lowest BCUT2D eigenvalue weighted by Crippen LogP contribution is -2.56. The first-order valence-electron chi connectivity index (χ1n) is 7.12. The Morgan fingerprint density at radius 2 is 1.65 bits per heavy atom. The summed E-state index contributed by atoms with van der Waals surface area (Å²) >= 11 is 34.9. The highest BCUT2D eigenvalue weighted by atomic mass is 35.6. The molecule has 0 radical (unpaired) electrons. The molecule has 0 unspecified atom stereocenters. The van der Waals surface area contributed by atoms with Gasteiger partial charge in [0.1, 0.15) is 6.17 Å². The van der Waals surface area contributed by atoms with Gasteiger partial charge < -0.3 is 16.0 Å². The zero-order valence-electron chi connectivity index (χ0n) is 12.9. The van der Waals surface area contributed by atoms with Gasteiger partial charge in [0.15, 0.2) is 5.11 Å². The standard InChI is InChI=1S/C16H12Cl5N3OS/c17-9-6-7-11(12(18)8-9)13(25)23-14(16(19,20)21)24-15(26)22-10-4-2-1-3-5-10/h1-8,14H,(H,23,25)(H2,22,24,26)/t14-/m1/s1. The number of hydrogen-bond acceptors (Lipinski definition) is 2. The molecule has 138 valence electrons. The minimum absolute atomic E-state index is 0.162. The molecule has 2 aromatic carbocycles. The Labute approximate surface area is 181 Å². The van der Waals surface area contributed by atoms with Crippen LogP contribution in [0, 0.1) is 0 Å². The normalized spacial score (nSPS) is 12.2. The van der Waals surface area contributed by atoms with Crippen LogP contribution in [0.2, 0.25) is 10.0 Å². The molecule has 1 atom stereocenters. The van der Waals surface area contributed by atoms with E-state index in [1.165, 1.54) is 18.2 Å². The van der Waals surface area contributed by atoms with Gasteiger partial charge in [-0.15, -0.1) is 0 Å². The summed E-state index contributed by atoms with van der Waals surface area (Å²) in [5.74, 6) is -0.557. The van der Waals surface area contributed by atoms with Crippen LogP contribution in [0.25, 0.3) is 0 Å². The van der Waals surface area contributed by atoms with Crippen molar-refractivity contribution >= 4 is 86.9 Å². The predicted octanol–water partition coefficient (Wildman–Crippen LogP) is 5.41. The molecular formula is C16H12Cl5N3OS. The summed E-state index contributed by atoms with van der Waals surface area (Å²) in [6, 6.07) is 13.6. The highest BCUT2D eigenvalue weighted by Gasteiger charge is 2.35. The quantitative estimate of drug-likeness (QED) is 0.317. The van der Waals surface area contributed by atoms with E-state index < -0.39 is 15.9 Å². The van der Waals surface area contributed by atoms with Gasteiger partial charge in [-0.2, -0.15) is 0 Å². The second-order valence-corrected chi connectivity index (χ2v) is 8.66. The first-order chi connectivity index (χ1) is 12.2. The van der Waals surface area contributed by atoms with E-state index in [0.29, 0.717) is 5.02 Å². The van der Waals surface area contributed by atoms with Crippen molar-refractivity contribution in [1.82, 2.24) is 10.6 Å². The molecule has 0 saturated carbocycles. The van der Waals surface area contributed by atoms with Crippen LogP contribution in [-0.4, -0.2) is 21.0 Å². The van der Waals surface area contributed by atoms with Crippen molar-refractivity contribution in [2.75, 3.05) is 5.32 Å². The topological polar surface area (TPSA) is 53.2 Å². The zero-order valence-corrected chi connectivity index (χ0v) is 17.5. The molecule has 0 heterocycles. The number of carbonyl (C=O) groups excluding carboxylic acids is 1. The third-order valence-corrected chi connectivity index (χ3v) is 4.51. The number of anilines is 1. The maximum absolute atomic E-state index is 12.5. The average Bonchev–Trinajstić information content (AvgIpc) is 2.54. The van der Waals surface area contributed by atoms with Crippen molar-refractivity contribution < 1.29 is 4.79 Å². The van der Waals surface area contributed by atoms with Crippen molar-refractivity contribution in [3.8, 4) is 0 Å². The van der Waals surface area contributed by atoms with E-state index >= 15 is 0 Å². The van der Waals surface area contributed by atoms with E-state index in [4.69, 9.17) is 70.2 Å². The van der Waals surface area contributed by atoms with E-state index in [1.54, 1.807) is 0 Å². The summed E-state index contributed by atoms with van der Waals surface area (Å²) < 4.78 is -1.88. The lowest BCUT2D eigenvalue weighted by molar-refractivity contribution is 0.0934. The number of para-hydroxylation sites is 1. The van der Waals surface area contributed by atoms with Crippen LogP contribution in [0.4, 0.5) is 5.69 Å². The Kier molecular flexibility index (Phi) is 7.64. The molecule has 26 heavy (non-hydrogen) atoms. The summed E-state index contributed by atoms with van der Waals surface area (Å²) in [7, 11) is 0. The van der Waals surface area contributed by atoms with Crippen LogP contribution in [0.5, 0.6) is 0 Å². The first-order valence-corrected chi connectivity index (χ1v) is 9.42. The van der Waals surface area contributed by atoms with Crippen LogP contribution < -0.4 is 16.0 Å². The fraction of sp³-hybridized carbons (Fsp3) is 0.125. The van der Waals surface area contributed by atoms with Gasteiger partial charge in [0, 0.05) is 10.7 Å². The van der Waals surface area contributed by atoms with Crippen LogP contribution >= 0.6 is 70.2 Å². The highest BCUT2D eigenvalue weighted by molar-refractivity contribution is 7.80. The monoisotopic (exact) mass is 469 g/mol. The number of halogens is 5. The molecule has 0 fully saturated rings. The Hall–Kier alpha value is -0.950. The summed E-state index contributed by atoms with van der Waals surface area (Å²) in [5.41, 5.74) is 0.916. The molecule has 3 N–H and O–H groups in total.